The second kappa shape index (κ2) is 10.2. The van der Waals surface area contributed by atoms with Gasteiger partial charge in [-0.2, -0.15) is 0 Å². The van der Waals surface area contributed by atoms with Crippen molar-refractivity contribution < 1.29 is 23.5 Å². The van der Waals surface area contributed by atoms with Crippen LogP contribution in [0.1, 0.15) is 36.2 Å². The summed E-state index contributed by atoms with van der Waals surface area (Å²) in [5.74, 6) is -1.07. The van der Waals surface area contributed by atoms with Gasteiger partial charge in [0, 0.05) is 30.4 Å². The average Bonchev–Trinajstić information content (AvgIpc) is 3.25. The lowest BCUT2D eigenvalue weighted by Gasteiger charge is -2.38. The topological polar surface area (TPSA) is 140 Å². The summed E-state index contributed by atoms with van der Waals surface area (Å²) < 4.78 is 11.0. The van der Waals surface area contributed by atoms with Crippen molar-refractivity contribution in [2.45, 2.75) is 31.7 Å². The number of fused-ring (bicyclic) bond motifs is 1. The van der Waals surface area contributed by atoms with Crippen molar-refractivity contribution in [3.8, 4) is 0 Å². The van der Waals surface area contributed by atoms with Crippen molar-refractivity contribution in [2.24, 2.45) is 5.92 Å². The standard InChI is InChI=1S/C25H26ClN5O5/c26-17-8-5-15(12-18(17)27)29-25(34)23-22(21-19(36-23)2-1-9-28-21)30-24(33)14-3-6-16(7-4-14)31-10-11-35-13-20(31)32/h1-2,5,8-9,12,14,16H,3-4,6-7,10-11,13,27H2,(H,29,34)(H,30,33). The summed E-state index contributed by atoms with van der Waals surface area (Å²) in [4.78, 5) is 44.7. The molecule has 3 heterocycles. The largest absolute Gasteiger partial charge is 0.447 e. The molecule has 5 rings (SSSR count). The van der Waals surface area contributed by atoms with E-state index in [4.69, 9.17) is 26.5 Å². The summed E-state index contributed by atoms with van der Waals surface area (Å²) in [6.45, 7) is 1.25. The summed E-state index contributed by atoms with van der Waals surface area (Å²) in [6.07, 6.45) is 4.31. The van der Waals surface area contributed by atoms with Gasteiger partial charge in [0.2, 0.25) is 17.6 Å². The van der Waals surface area contributed by atoms with Gasteiger partial charge in [-0.25, -0.2) is 0 Å². The Balaban J connectivity index is 1.31. The lowest BCUT2D eigenvalue weighted by atomic mass is 9.84. The highest BCUT2D eigenvalue weighted by molar-refractivity contribution is 6.33. The maximum atomic E-state index is 13.2. The Morgan fingerprint density at radius 2 is 1.94 bits per heavy atom. The number of ether oxygens (including phenoxy) is 1. The number of nitrogen functional groups attached to an aromatic ring is 1. The SMILES string of the molecule is Nc1cc(NC(=O)c2oc3cccnc3c2NC(=O)C2CCC(N3CCOCC3=O)CC2)ccc1Cl. The first-order valence-corrected chi connectivity index (χ1v) is 12.2. The fourth-order valence-corrected chi connectivity index (χ4v) is 4.92. The van der Waals surface area contributed by atoms with E-state index in [1.54, 1.807) is 30.5 Å². The van der Waals surface area contributed by atoms with Crippen molar-refractivity contribution in [3.63, 3.8) is 0 Å². The zero-order chi connectivity index (χ0) is 25.2. The maximum absolute atomic E-state index is 13.2. The summed E-state index contributed by atoms with van der Waals surface area (Å²) in [5, 5.41) is 6.00. The highest BCUT2D eigenvalue weighted by Gasteiger charge is 2.34. The van der Waals surface area contributed by atoms with Gasteiger partial charge >= 0.3 is 0 Å². The van der Waals surface area contributed by atoms with Crippen molar-refractivity contribution in [3.05, 3.63) is 47.3 Å². The minimum absolute atomic E-state index is 0.00295. The Morgan fingerprint density at radius 3 is 2.69 bits per heavy atom. The predicted octanol–water partition coefficient (Wildman–Crippen LogP) is 3.67. The van der Waals surface area contributed by atoms with E-state index < -0.39 is 5.91 Å². The number of aromatic nitrogens is 1. The molecule has 1 aromatic carbocycles. The third-order valence-corrected chi connectivity index (χ3v) is 7.03. The number of amides is 3. The third-order valence-electron chi connectivity index (χ3n) is 6.69. The normalized spacial score (nSPS) is 20.4. The number of anilines is 3. The molecule has 2 aliphatic rings. The van der Waals surface area contributed by atoms with Crippen molar-refractivity contribution in [1.82, 2.24) is 9.88 Å². The van der Waals surface area contributed by atoms with Gasteiger partial charge in [-0.3, -0.25) is 19.4 Å². The molecule has 2 aromatic heterocycles. The van der Waals surface area contributed by atoms with Crippen LogP contribution < -0.4 is 16.4 Å². The number of hydrogen-bond acceptors (Lipinski definition) is 7. The Kier molecular flexibility index (Phi) is 6.80. The van der Waals surface area contributed by atoms with E-state index in [0.717, 1.165) is 12.8 Å². The summed E-state index contributed by atoms with van der Waals surface area (Å²) >= 11 is 5.97. The molecule has 0 spiro atoms. The Hall–Kier alpha value is -3.63. The van der Waals surface area contributed by atoms with Gasteiger partial charge in [-0.1, -0.05) is 11.6 Å². The van der Waals surface area contributed by atoms with Crippen LogP contribution in [0.25, 0.3) is 11.1 Å². The Morgan fingerprint density at radius 1 is 1.14 bits per heavy atom. The summed E-state index contributed by atoms with van der Waals surface area (Å²) in [7, 11) is 0. The molecule has 1 aliphatic heterocycles. The number of nitrogens with one attached hydrogen (secondary N) is 2. The van der Waals surface area contributed by atoms with Crippen LogP contribution in [0.2, 0.25) is 5.02 Å². The zero-order valence-corrected chi connectivity index (χ0v) is 20.2. The van der Waals surface area contributed by atoms with Gasteiger partial charge in [0.1, 0.15) is 17.8 Å². The number of morpholine rings is 1. The first-order chi connectivity index (χ1) is 17.4. The number of furan rings is 1. The number of carbonyl (C=O) groups excluding carboxylic acids is 3. The monoisotopic (exact) mass is 511 g/mol. The predicted molar refractivity (Wildman–Crippen MR) is 135 cm³/mol. The maximum Gasteiger partial charge on any atom is 0.293 e. The third kappa shape index (κ3) is 4.87. The van der Waals surface area contributed by atoms with Gasteiger partial charge in [0.15, 0.2) is 5.58 Å². The fourth-order valence-electron chi connectivity index (χ4n) is 4.81. The van der Waals surface area contributed by atoms with Gasteiger partial charge in [-0.15, -0.1) is 0 Å². The molecule has 1 aliphatic carbocycles. The number of carbonyl (C=O) groups is 3. The first kappa shape index (κ1) is 24.1. The van der Waals surface area contributed by atoms with Crippen LogP contribution >= 0.6 is 11.6 Å². The van der Waals surface area contributed by atoms with Crippen LogP contribution in [0.15, 0.2) is 40.9 Å². The number of hydrogen-bond donors (Lipinski definition) is 3. The zero-order valence-electron chi connectivity index (χ0n) is 19.5. The van der Waals surface area contributed by atoms with Crippen LogP contribution in [0.5, 0.6) is 0 Å². The van der Waals surface area contributed by atoms with Crippen molar-refractivity contribution >= 4 is 57.5 Å². The number of halogens is 1. The highest BCUT2D eigenvalue weighted by atomic mass is 35.5. The minimum atomic E-state index is -0.556. The molecule has 0 bridgehead atoms. The molecule has 1 saturated heterocycles. The smallest absolute Gasteiger partial charge is 0.293 e. The van der Waals surface area contributed by atoms with Crippen LogP contribution in [0.4, 0.5) is 17.1 Å². The first-order valence-electron chi connectivity index (χ1n) is 11.8. The molecule has 3 amide bonds. The molecular formula is C25H26ClN5O5. The van der Waals surface area contributed by atoms with E-state index in [-0.39, 0.29) is 41.8 Å². The van der Waals surface area contributed by atoms with E-state index in [2.05, 4.69) is 15.6 Å². The van der Waals surface area contributed by atoms with Crippen LogP contribution in [0, 0.1) is 5.92 Å². The minimum Gasteiger partial charge on any atom is -0.447 e. The quantitative estimate of drug-likeness (QED) is 0.444. The van der Waals surface area contributed by atoms with Gasteiger partial charge in [0.05, 0.1) is 17.3 Å². The van der Waals surface area contributed by atoms with Gasteiger partial charge < -0.3 is 30.4 Å². The molecule has 1 saturated carbocycles. The lowest BCUT2D eigenvalue weighted by molar-refractivity contribution is -0.146. The molecule has 2 fully saturated rings. The average molecular weight is 512 g/mol. The van der Waals surface area contributed by atoms with Crippen LogP contribution in [-0.4, -0.2) is 53.4 Å². The van der Waals surface area contributed by atoms with E-state index in [1.807, 2.05) is 4.90 Å². The molecule has 36 heavy (non-hydrogen) atoms. The molecule has 3 aromatic rings. The highest BCUT2D eigenvalue weighted by Crippen LogP contribution is 2.33. The molecule has 10 nitrogen and oxygen atoms in total. The number of rotatable bonds is 5. The molecule has 0 radical (unpaired) electrons. The Labute approximate surface area is 212 Å². The Bertz CT molecular complexity index is 1320. The second-order valence-corrected chi connectivity index (χ2v) is 9.39. The van der Waals surface area contributed by atoms with Gasteiger partial charge in [0.25, 0.3) is 5.91 Å². The van der Waals surface area contributed by atoms with Crippen LogP contribution in [0.3, 0.4) is 0 Å². The fraction of sp³-hybridized carbons (Fsp3) is 0.360. The number of pyridine rings is 1. The molecule has 188 valence electrons. The van der Waals surface area contributed by atoms with Gasteiger partial charge in [-0.05, 0) is 56.0 Å². The van der Waals surface area contributed by atoms with Crippen molar-refractivity contribution in [2.75, 3.05) is 36.1 Å². The van der Waals surface area contributed by atoms with E-state index in [0.29, 0.717) is 53.5 Å². The molecule has 4 N–H and O–H groups in total. The lowest BCUT2D eigenvalue weighted by Crippen LogP contribution is -2.49. The molecule has 11 heteroatoms. The number of benzene rings is 1. The number of nitrogens with two attached hydrogens (primary N) is 1. The molecule has 0 atom stereocenters. The molecular weight excluding hydrogens is 486 g/mol. The van der Waals surface area contributed by atoms with E-state index >= 15 is 0 Å². The van der Waals surface area contributed by atoms with Crippen molar-refractivity contribution in [1.29, 1.82) is 0 Å². The second-order valence-electron chi connectivity index (χ2n) is 8.98. The molecule has 0 unspecified atom stereocenters. The van der Waals surface area contributed by atoms with Crippen LogP contribution in [-0.2, 0) is 14.3 Å². The van der Waals surface area contributed by atoms with E-state index in [1.165, 1.54) is 6.07 Å². The van der Waals surface area contributed by atoms with E-state index in [9.17, 15) is 14.4 Å². The number of nitrogens with zero attached hydrogens (tertiary/aromatic N) is 2. The summed E-state index contributed by atoms with van der Waals surface area (Å²) in [5.41, 5.74) is 7.58. The summed E-state index contributed by atoms with van der Waals surface area (Å²) in [6, 6.07) is 8.23.